The number of morpholine rings is 1. The summed E-state index contributed by atoms with van der Waals surface area (Å²) in [6.45, 7) is 3.14. The number of aryl methyl sites for hydroxylation is 1. The maximum Gasteiger partial charge on any atom is 0.255 e. The number of anilines is 2. The van der Waals surface area contributed by atoms with Gasteiger partial charge in [-0.05, 0) is 30.7 Å². The van der Waals surface area contributed by atoms with Crippen LogP contribution in [0.15, 0.2) is 59.7 Å². The first-order valence-electron chi connectivity index (χ1n) is 9.74. The average Bonchev–Trinajstić information content (AvgIpc) is 2.78. The van der Waals surface area contributed by atoms with Crippen molar-refractivity contribution < 1.29 is 9.53 Å². The lowest BCUT2D eigenvalue weighted by Gasteiger charge is -2.33. The van der Waals surface area contributed by atoms with Gasteiger partial charge in [0.2, 0.25) is 5.95 Å². The molecule has 1 saturated heterocycles. The van der Waals surface area contributed by atoms with Crippen molar-refractivity contribution >= 4 is 17.5 Å². The molecule has 0 saturated carbocycles. The summed E-state index contributed by atoms with van der Waals surface area (Å²) in [5.41, 5.74) is 2.95. The van der Waals surface area contributed by atoms with Crippen molar-refractivity contribution in [2.45, 2.75) is 13.0 Å². The van der Waals surface area contributed by atoms with Crippen LogP contribution in [-0.4, -0.2) is 46.2 Å². The first-order valence-corrected chi connectivity index (χ1v) is 9.74. The molecule has 0 aliphatic carbocycles. The molecule has 3 aromatic rings. The molecular formula is C22H23N5O3. The van der Waals surface area contributed by atoms with Gasteiger partial charge >= 0.3 is 0 Å². The summed E-state index contributed by atoms with van der Waals surface area (Å²) in [6.07, 6.45) is 2.66. The van der Waals surface area contributed by atoms with Crippen LogP contribution in [-0.2, 0) is 16.6 Å². The van der Waals surface area contributed by atoms with Crippen molar-refractivity contribution in [1.29, 1.82) is 0 Å². The number of amides is 1. The van der Waals surface area contributed by atoms with Gasteiger partial charge in [0, 0.05) is 43.3 Å². The predicted octanol–water partition coefficient (Wildman–Crippen LogP) is 1.99. The topological polar surface area (TPSA) is 89.4 Å². The van der Waals surface area contributed by atoms with E-state index in [1.165, 1.54) is 10.6 Å². The lowest BCUT2D eigenvalue weighted by Crippen LogP contribution is -2.49. The number of nitrogens with one attached hydrogen (secondary N) is 1. The monoisotopic (exact) mass is 405 g/mol. The summed E-state index contributed by atoms with van der Waals surface area (Å²) in [5, 5.41) is 2.93. The quantitative estimate of drug-likeness (QED) is 0.714. The molecule has 0 spiro atoms. The van der Waals surface area contributed by atoms with E-state index in [-0.39, 0.29) is 11.5 Å². The first kappa shape index (κ1) is 19.8. The van der Waals surface area contributed by atoms with Crippen LogP contribution in [0, 0.1) is 6.92 Å². The highest BCUT2D eigenvalue weighted by Crippen LogP contribution is 2.21. The maximum absolute atomic E-state index is 12.8. The van der Waals surface area contributed by atoms with Crippen LogP contribution >= 0.6 is 0 Å². The highest BCUT2D eigenvalue weighted by molar-refractivity contribution is 5.95. The molecule has 1 aliphatic heterocycles. The number of carbonyl (C=O) groups is 1. The summed E-state index contributed by atoms with van der Waals surface area (Å²) < 4.78 is 7.20. The summed E-state index contributed by atoms with van der Waals surface area (Å²) in [4.78, 5) is 35.9. The van der Waals surface area contributed by atoms with Gasteiger partial charge in [0.25, 0.3) is 11.5 Å². The van der Waals surface area contributed by atoms with E-state index in [1.54, 1.807) is 19.4 Å². The summed E-state index contributed by atoms with van der Waals surface area (Å²) in [7, 11) is 1.68. The Morgan fingerprint density at radius 1 is 1.20 bits per heavy atom. The normalized spacial score (nSPS) is 16.3. The number of benzene rings is 1. The van der Waals surface area contributed by atoms with Crippen molar-refractivity contribution in [2.24, 2.45) is 7.05 Å². The fourth-order valence-corrected chi connectivity index (χ4v) is 3.40. The molecule has 1 N–H and O–H groups in total. The molecule has 3 heterocycles. The lowest BCUT2D eigenvalue weighted by atomic mass is 10.2. The van der Waals surface area contributed by atoms with E-state index in [9.17, 15) is 9.59 Å². The number of nitrogens with zero attached hydrogens (tertiary/aromatic N) is 4. The SMILES string of the molecule is Cc1ccccc1NC(=O)C1CN(c2nc(-c3ccncc3)cc(=O)n2C)CCO1. The molecule has 0 radical (unpaired) electrons. The molecule has 8 nitrogen and oxygen atoms in total. The van der Waals surface area contributed by atoms with E-state index in [0.29, 0.717) is 31.3 Å². The Kier molecular flexibility index (Phi) is 5.58. The van der Waals surface area contributed by atoms with Crippen LogP contribution < -0.4 is 15.8 Å². The van der Waals surface area contributed by atoms with Crippen LogP contribution in [0.3, 0.4) is 0 Å². The van der Waals surface area contributed by atoms with Gasteiger partial charge in [0.1, 0.15) is 0 Å². The van der Waals surface area contributed by atoms with E-state index in [1.807, 2.05) is 48.2 Å². The zero-order valence-electron chi connectivity index (χ0n) is 16.9. The van der Waals surface area contributed by atoms with Crippen molar-refractivity contribution in [2.75, 3.05) is 29.9 Å². The largest absolute Gasteiger partial charge is 0.365 e. The third-order valence-corrected chi connectivity index (χ3v) is 5.13. The van der Waals surface area contributed by atoms with Crippen molar-refractivity contribution in [3.05, 3.63) is 70.8 Å². The van der Waals surface area contributed by atoms with E-state index >= 15 is 0 Å². The van der Waals surface area contributed by atoms with Crippen LogP contribution in [0.2, 0.25) is 0 Å². The molecule has 1 unspecified atom stereocenters. The molecule has 30 heavy (non-hydrogen) atoms. The van der Waals surface area contributed by atoms with Gasteiger partial charge < -0.3 is 15.0 Å². The number of carbonyl (C=O) groups excluding carboxylic acids is 1. The minimum atomic E-state index is -0.667. The van der Waals surface area contributed by atoms with E-state index < -0.39 is 6.10 Å². The Balaban J connectivity index is 1.57. The lowest BCUT2D eigenvalue weighted by molar-refractivity contribution is -0.128. The number of ether oxygens (including phenoxy) is 1. The van der Waals surface area contributed by atoms with Crippen molar-refractivity contribution in [3.63, 3.8) is 0 Å². The molecule has 1 amide bonds. The maximum atomic E-state index is 12.8. The average molecular weight is 405 g/mol. The standard InChI is InChI=1S/C22H23N5O3/c1-15-5-3-4-6-17(15)24-21(29)19-14-27(11-12-30-19)22-25-18(13-20(28)26(22)2)16-7-9-23-10-8-16/h3-10,13,19H,11-12,14H2,1-2H3,(H,24,29). The number of para-hydroxylation sites is 1. The van der Waals surface area contributed by atoms with Crippen LogP contribution in [0.25, 0.3) is 11.3 Å². The highest BCUT2D eigenvalue weighted by Gasteiger charge is 2.29. The number of hydrogen-bond acceptors (Lipinski definition) is 6. The van der Waals surface area contributed by atoms with Gasteiger partial charge in [-0.1, -0.05) is 18.2 Å². The number of aromatic nitrogens is 3. The third kappa shape index (κ3) is 4.08. The molecule has 1 aliphatic rings. The van der Waals surface area contributed by atoms with Crippen molar-refractivity contribution in [1.82, 2.24) is 14.5 Å². The van der Waals surface area contributed by atoms with Gasteiger partial charge in [0.05, 0.1) is 18.8 Å². The van der Waals surface area contributed by atoms with E-state index in [2.05, 4.69) is 10.3 Å². The Morgan fingerprint density at radius 3 is 2.73 bits per heavy atom. The Labute approximate surface area is 174 Å². The zero-order valence-corrected chi connectivity index (χ0v) is 16.9. The summed E-state index contributed by atoms with van der Waals surface area (Å²) in [6, 6.07) is 12.7. The second kappa shape index (κ2) is 8.46. The van der Waals surface area contributed by atoms with Crippen LogP contribution in [0.5, 0.6) is 0 Å². The molecule has 8 heteroatoms. The van der Waals surface area contributed by atoms with Crippen LogP contribution in [0.1, 0.15) is 5.56 Å². The Bertz CT molecular complexity index is 1110. The summed E-state index contributed by atoms with van der Waals surface area (Å²) in [5.74, 6) is 0.288. The number of pyridine rings is 1. The molecule has 1 atom stereocenters. The van der Waals surface area contributed by atoms with Gasteiger partial charge in [-0.25, -0.2) is 4.98 Å². The van der Waals surface area contributed by atoms with E-state index in [0.717, 1.165) is 16.8 Å². The predicted molar refractivity (Wildman–Crippen MR) is 114 cm³/mol. The van der Waals surface area contributed by atoms with Crippen LogP contribution in [0.4, 0.5) is 11.6 Å². The second-order valence-corrected chi connectivity index (χ2v) is 7.18. The van der Waals surface area contributed by atoms with Gasteiger partial charge in [-0.2, -0.15) is 0 Å². The second-order valence-electron chi connectivity index (χ2n) is 7.18. The molecule has 4 rings (SSSR count). The van der Waals surface area contributed by atoms with Gasteiger partial charge in [-0.15, -0.1) is 0 Å². The fourth-order valence-electron chi connectivity index (χ4n) is 3.40. The summed E-state index contributed by atoms with van der Waals surface area (Å²) >= 11 is 0. The molecular weight excluding hydrogens is 382 g/mol. The molecule has 1 aromatic carbocycles. The Morgan fingerprint density at radius 2 is 1.97 bits per heavy atom. The molecule has 154 valence electrons. The van der Waals surface area contributed by atoms with Gasteiger partial charge in [-0.3, -0.25) is 19.1 Å². The van der Waals surface area contributed by atoms with Gasteiger partial charge in [0.15, 0.2) is 6.10 Å². The fraction of sp³-hybridized carbons (Fsp3) is 0.273. The highest BCUT2D eigenvalue weighted by atomic mass is 16.5. The minimum absolute atomic E-state index is 0.167. The minimum Gasteiger partial charge on any atom is -0.365 e. The third-order valence-electron chi connectivity index (χ3n) is 5.13. The molecule has 2 aromatic heterocycles. The zero-order chi connectivity index (χ0) is 21.1. The Hall–Kier alpha value is -3.52. The van der Waals surface area contributed by atoms with Crippen molar-refractivity contribution in [3.8, 4) is 11.3 Å². The van der Waals surface area contributed by atoms with E-state index in [4.69, 9.17) is 9.72 Å². The molecule has 1 fully saturated rings. The smallest absolute Gasteiger partial charge is 0.255 e. The number of hydrogen-bond donors (Lipinski definition) is 1. The molecule has 0 bridgehead atoms. The number of rotatable bonds is 4. The first-order chi connectivity index (χ1) is 14.5.